The first-order valence-corrected chi connectivity index (χ1v) is 6.32. The number of phenols is 1. The number of aromatic hydroxyl groups is 1. The molecule has 0 fully saturated rings. The predicted molar refractivity (Wildman–Crippen MR) is 81.0 cm³/mol. The summed E-state index contributed by atoms with van der Waals surface area (Å²) in [7, 11) is 2.90. The Kier molecular flexibility index (Phi) is 4.28. The second-order valence-corrected chi connectivity index (χ2v) is 4.40. The van der Waals surface area contributed by atoms with Crippen molar-refractivity contribution >= 4 is 11.4 Å². The highest BCUT2D eigenvalue weighted by Gasteiger charge is 2.22. The van der Waals surface area contributed by atoms with Gasteiger partial charge in [0.15, 0.2) is 0 Å². The fraction of sp³-hybridized carbons (Fsp3) is 0.118. The SMILES string of the molecule is C=C(C(=O)c1c(O)cc(OC)cc1OC)c1ccccc1. The maximum absolute atomic E-state index is 12.6. The molecule has 0 aliphatic heterocycles. The lowest BCUT2D eigenvalue weighted by molar-refractivity contribution is 0.105. The monoisotopic (exact) mass is 284 g/mol. The molecule has 21 heavy (non-hydrogen) atoms. The van der Waals surface area contributed by atoms with Crippen molar-refractivity contribution in [1.29, 1.82) is 0 Å². The van der Waals surface area contributed by atoms with E-state index in [4.69, 9.17) is 9.47 Å². The molecule has 0 atom stereocenters. The van der Waals surface area contributed by atoms with E-state index < -0.39 is 5.78 Å². The number of phenolic OH excluding ortho intramolecular Hbond substituents is 1. The molecule has 0 amide bonds. The zero-order chi connectivity index (χ0) is 15.4. The summed E-state index contributed by atoms with van der Waals surface area (Å²) < 4.78 is 10.2. The van der Waals surface area contributed by atoms with Crippen molar-refractivity contribution in [1.82, 2.24) is 0 Å². The Labute approximate surface area is 123 Å². The van der Waals surface area contributed by atoms with Gasteiger partial charge in [-0.05, 0) is 5.56 Å². The summed E-state index contributed by atoms with van der Waals surface area (Å²) in [5.41, 5.74) is 1.06. The van der Waals surface area contributed by atoms with E-state index in [1.165, 1.54) is 20.3 Å². The normalized spacial score (nSPS) is 10.0. The molecule has 0 bridgehead atoms. The molecule has 0 aliphatic rings. The van der Waals surface area contributed by atoms with Gasteiger partial charge >= 0.3 is 0 Å². The quantitative estimate of drug-likeness (QED) is 0.676. The summed E-state index contributed by atoms with van der Waals surface area (Å²) >= 11 is 0. The Morgan fingerprint density at radius 1 is 1.10 bits per heavy atom. The molecule has 0 heterocycles. The van der Waals surface area contributed by atoms with Gasteiger partial charge in [0.05, 0.1) is 14.2 Å². The molecular weight excluding hydrogens is 268 g/mol. The first-order valence-electron chi connectivity index (χ1n) is 6.32. The van der Waals surface area contributed by atoms with Crippen LogP contribution in [0.1, 0.15) is 15.9 Å². The Bertz CT molecular complexity index is 675. The lowest BCUT2D eigenvalue weighted by atomic mass is 9.97. The molecule has 0 aliphatic carbocycles. The standard InChI is InChI=1S/C17H16O4/c1-11(12-7-5-4-6-8-12)17(19)16-14(18)9-13(20-2)10-15(16)21-3/h4-10,18H,1H2,2-3H3. The van der Waals surface area contributed by atoms with Gasteiger partial charge in [-0.25, -0.2) is 0 Å². The fourth-order valence-corrected chi connectivity index (χ4v) is 2.00. The smallest absolute Gasteiger partial charge is 0.200 e. The first-order chi connectivity index (χ1) is 10.1. The van der Waals surface area contributed by atoms with Gasteiger partial charge in [0.25, 0.3) is 0 Å². The van der Waals surface area contributed by atoms with E-state index in [1.807, 2.05) is 18.2 Å². The topological polar surface area (TPSA) is 55.8 Å². The summed E-state index contributed by atoms with van der Waals surface area (Å²) in [6.07, 6.45) is 0. The molecule has 4 heteroatoms. The van der Waals surface area contributed by atoms with Crippen LogP contribution in [-0.4, -0.2) is 25.1 Å². The molecule has 0 saturated heterocycles. The van der Waals surface area contributed by atoms with Gasteiger partial charge in [0.1, 0.15) is 22.8 Å². The van der Waals surface area contributed by atoms with Crippen molar-refractivity contribution in [3.63, 3.8) is 0 Å². The van der Waals surface area contributed by atoms with Crippen molar-refractivity contribution in [2.75, 3.05) is 14.2 Å². The molecule has 2 aromatic rings. The number of ketones is 1. The summed E-state index contributed by atoms with van der Waals surface area (Å²) in [5, 5.41) is 10.1. The maximum atomic E-state index is 12.6. The molecule has 2 rings (SSSR count). The van der Waals surface area contributed by atoms with Crippen molar-refractivity contribution in [3.05, 3.63) is 60.2 Å². The van der Waals surface area contributed by atoms with E-state index in [1.54, 1.807) is 18.2 Å². The number of hydrogen-bond acceptors (Lipinski definition) is 4. The van der Waals surface area contributed by atoms with Crippen LogP contribution >= 0.6 is 0 Å². The van der Waals surface area contributed by atoms with E-state index in [9.17, 15) is 9.90 Å². The van der Waals surface area contributed by atoms with Crippen LogP contribution in [0.3, 0.4) is 0 Å². The number of carbonyl (C=O) groups is 1. The van der Waals surface area contributed by atoms with E-state index in [2.05, 4.69) is 6.58 Å². The third kappa shape index (κ3) is 2.89. The van der Waals surface area contributed by atoms with Crippen LogP contribution in [0.4, 0.5) is 0 Å². The molecular formula is C17H16O4. The lowest BCUT2D eigenvalue weighted by Gasteiger charge is -2.13. The van der Waals surface area contributed by atoms with Crippen LogP contribution in [0.15, 0.2) is 49.0 Å². The van der Waals surface area contributed by atoms with Crippen molar-refractivity contribution in [3.8, 4) is 17.2 Å². The van der Waals surface area contributed by atoms with Crippen LogP contribution in [0.2, 0.25) is 0 Å². The minimum Gasteiger partial charge on any atom is -0.507 e. The highest BCUT2D eigenvalue weighted by Crippen LogP contribution is 2.36. The number of allylic oxidation sites excluding steroid dienone is 1. The molecule has 2 aromatic carbocycles. The van der Waals surface area contributed by atoms with Crippen LogP contribution < -0.4 is 9.47 Å². The lowest BCUT2D eigenvalue weighted by Crippen LogP contribution is -2.05. The molecule has 0 unspecified atom stereocenters. The highest BCUT2D eigenvalue weighted by atomic mass is 16.5. The molecule has 0 radical (unpaired) electrons. The van der Waals surface area contributed by atoms with Crippen molar-refractivity contribution in [2.45, 2.75) is 0 Å². The number of ether oxygens (including phenoxy) is 2. The van der Waals surface area contributed by atoms with Crippen molar-refractivity contribution < 1.29 is 19.4 Å². The summed E-state index contributed by atoms with van der Waals surface area (Å²) in [6, 6.07) is 12.0. The number of Topliss-reactive ketones (excluding diaryl/α,β-unsaturated/α-hetero) is 1. The Morgan fingerprint density at radius 2 is 1.76 bits per heavy atom. The molecule has 0 saturated carbocycles. The number of benzene rings is 2. The van der Waals surface area contributed by atoms with E-state index in [0.29, 0.717) is 11.3 Å². The average Bonchev–Trinajstić information content (AvgIpc) is 2.53. The summed E-state index contributed by atoms with van der Waals surface area (Å²) in [6.45, 7) is 3.81. The number of methoxy groups -OCH3 is 2. The maximum Gasteiger partial charge on any atom is 0.200 e. The minimum atomic E-state index is -0.391. The summed E-state index contributed by atoms with van der Waals surface area (Å²) in [5.74, 6) is 0.0617. The first kappa shape index (κ1) is 14.7. The van der Waals surface area contributed by atoms with Gasteiger partial charge in [0, 0.05) is 17.7 Å². The van der Waals surface area contributed by atoms with E-state index >= 15 is 0 Å². The van der Waals surface area contributed by atoms with Crippen molar-refractivity contribution in [2.24, 2.45) is 0 Å². The van der Waals surface area contributed by atoms with Gasteiger partial charge < -0.3 is 14.6 Å². The highest BCUT2D eigenvalue weighted by molar-refractivity contribution is 6.30. The van der Waals surface area contributed by atoms with E-state index in [0.717, 1.165) is 0 Å². The van der Waals surface area contributed by atoms with Gasteiger partial charge in [0.2, 0.25) is 5.78 Å². The molecule has 4 nitrogen and oxygen atoms in total. The summed E-state index contributed by atoms with van der Waals surface area (Å²) in [4.78, 5) is 12.6. The Hall–Kier alpha value is -2.75. The number of rotatable bonds is 5. The zero-order valence-corrected chi connectivity index (χ0v) is 11.9. The second kappa shape index (κ2) is 6.13. The zero-order valence-electron chi connectivity index (χ0n) is 11.9. The van der Waals surface area contributed by atoms with Crippen LogP contribution in [0.5, 0.6) is 17.2 Å². The van der Waals surface area contributed by atoms with Crippen LogP contribution in [-0.2, 0) is 0 Å². The minimum absolute atomic E-state index is 0.0761. The second-order valence-electron chi connectivity index (χ2n) is 4.40. The fourth-order valence-electron chi connectivity index (χ4n) is 2.00. The van der Waals surface area contributed by atoms with Crippen LogP contribution in [0.25, 0.3) is 5.57 Å². The van der Waals surface area contributed by atoms with Crippen LogP contribution in [0, 0.1) is 0 Å². The third-order valence-corrected chi connectivity index (χ3v) is 3.13. The third-order valence-electron chi connectivity index (χ3n) is 3.13. The van der Waals surface area contributed by atoms with Gasteiger partial charge in [-0.15, -0.1) is 0 Å². The number of carbonyl (C=O) groups excluding carboxylic acids is 1. The average molecular weight is 284 g/mol. The molecule has 0 spiro atoms. The molecule has 108 valence electrons. The molecule has 1 N–H and O–H groups in total. The van der Waals surface area contributed by atoms with Gasteiger partial charge in [-0.2, -0.15) is 0 Å². The van der Waals surface area contributed by atoms with E-state index in [-0.39, 0.29) is 22.6 Å². The van der Waals surface area contributed by atoms with Gasteiger partial charge in [-0.1, -0.05) is 36.9 Å². The Morgan fingerprint density at radius 3 is 2.33 bits per heavy atom. The predicted octanol–water partition coefficient (Wildman–Crippen LogP) is 3.31. The number of hydrogen-bond donors (Lipinski definition) is 1. The van der Waals surface area contributed by atoms with Gasteiger partial charge in [-0.3, -0.25) is 4.79 Å². The Balaban J connectivity index is 2.46. The largest absolute Gasteiger partial charge is 0.507 e. The molecule has 0 aromatic heterocycles.